The average Bonchev–Trinajstić information content (AvgIpc) is 2.82. The van der Waals surface area contributed by atoms with E-state index in [1.54, 1.807) is 0 Å². The predicted octanol–water partition coefficient (Wildman–Crippen LogP) is 1.24. The molecule has 0 bridgehead atoms. The molecular weight excluding hydrogens is 255 g/mol. The fourth-order valence-corrected chi connectivity index (χ4v) is 1.94. The average molecular weight is 263 g/mol. The first-order valence-corrected chi connectivity index (χ1v) is 5.43. The third kappa shape index (κ3) is 2.44. The Hall–Kier alpha value is -1.48. The summed E-state index contributed by atoms with van der Waals surface area (Å²) in [6, 6.07) is 0. The van der Waals surface area contributed by atoms with E-state index in [1.807, 2.05) is 0 Å². The van der Waals surface area contributed by atoms with E-state index in [-0.39, 0.29) is 5.13 Å². The van der Waals surface area contributed by atoms with Crippen LogP contribution >= 0.6 is 11.5 Å². The van der Waals surface area contributed by atoms with Crippen LogP contribution in [-0.2, 0) is 12.6 Å². The summed E-state index contributed by atoms with van der Waals surface area (Å²) in [5, 5.41) is 0.137. The molecule has 2 aromatic rings. The van der Waals surface area contributed by atoms with Gasteiger partial charge < -0.3 is 5.73 Å². The standard InChI is InChI=1S/C8H8F3N5S/c9-8(10,11)6-14-7(17-15-6)16-4-3-13-5(16)1-2-12/h3-4H,1-2,12H2. The highest BCUT2D eigenvalue weighted by Gasteiger charge is 2.36. The Bertz CT molecular complexity index is 503. The van der Waals surface area contributed by atoms with Gasteiger partial charge in [-0.25, -0.2) is 4.98 Å². The fourth-order valence-electron chi connectivity index (χ4n) is 1.25. The number of hydrogen-bond donors (Lipinski definition) is 1. The van der Waals surface area contributed by atoms with E-state index in [2.05, 4.69) is 14.3 Å². The molecule has 0 fully saturated rings. The van der Waals surface area contributed by atoms with E-state index in [0.29, 0.717) is 30.3 Å². The van der Waals surface area contributed by atoms with Gasteiger partial charge in [0.2, 0.25) is 11.0 Å². The van der Waals surface area contributed by atoms with Gasteiger partial charge in [0.25, 0.3) is 0 Å². The van der Waals surface area contributed by atoms with Crippen LogP contribution in [0.1, 0.15) is 11.6 Å². The molecule has 0 aliphatic carbocycles. The van der Waals surface area contributed by atoms with Crippen LogP contribution in [0.25, 0.3) is 5.13 Å². The number of alkyl halides is 3. The highest BCUT2D eigenvalue weighted by atomic mass is 32.1. The molecule has 0 aromatic carbocycles. The minimum absolute atomic E-state index is 0.137. The highest BCUT2D eigenvalue weighted by Crippen LogP contribution is 2.28. The molecule has 0 amide bonds. The largest absolute Gasteiger partial charge is 0.452 e. The van der Waals surface area contributed by atoms with Crippen molar-refractivity contribution in [2.45, 2.75) is 12.6 Å². The lowest BCUT2D eigenvalue weighted by Crippen LogP contribution is -2.10. The van der Waals surface area contributed by atoms with Crippen molar-refractivity contribution in [3.05, 3.63) is 24.0 Å². The first-order chi connectivity index (χ1) is 8.02. The van der Waals surface area contributed by atoms with Gasteiger partial charge in [0.05, 0.1) is 0 Å². The zero-order chi connectivity index (χ0) is 12.5. The molecule has 0 aliphatic rings. The number of rotatable bonds is 3. The fraction of sp³-hybridized carbons (Fsp3) is 0.375. The van der Waals surface area contributed by atoms with Crippen molar-refractivity contribution in [2.75, 3.05) is 6.54 Å². The summed E-state index contributed by atoms with van der Waals surface area (Å²) in [5.74, 6) is -0.567. The van der Waals surface area contributed by atoms with Gasteiger partial charge in [0.15, 0.2) is 0 Å². The maximum absolute atomic E-state index is 12.3. The minimum atomic E-state index is -4.52. The lowest BCUT2D eigenvalue weighted by Gasteiger charge is -2.01. The van der Waals surface area contributed by atoms with Crippen LogP contribution in [0.2, 0.25) is 0 Å². The molecule has 5 nitrogen and oxygen atoms in total. The summed E-state index contributed by atoms with van der Waals surface area (Å²) in [7, 11) is 0. The molecular formula is C8H8F3N5S. The highest BCUT2D eigenvalue weighted by molar-refractivity contribution is 7.08. The Kier molecular flexibility index (Phi) is 3.11. The second kappa shape index (κ2) is 4.41. The van der Waals surface area contributed by atoms with Crippen molar-refractivity contribution in [3.63, 3.8) is 0 Å². The zero-order valence-electron chi connectivity index (χ0n) is 8.48. The van der Waals surface area contributed by atoms with E-state index >= 15 is 0 Å². The summed E-state index contributed by atoms with van der Waals surface area (Å²) < 4.78 is 41.7. The SMILES string of the molecule is NCCc1nccn1-c1nc(C(F)(F)F)ns1. The van der Waals surface area contributed by atoms with Crippen molar-refractivity contribution in [3.8, 4) is 5.13 Å². The lowest BCUT2D eigenvalue weighted by atomic mass is 10.4. The summed E-state index contributed by atoms with van der Waals surface area (Å²) in [6.45, 7) is 0.363. The van der Waals surface area contributed by atoms with E-state index in [0.717, 1.165) is 0 Å². The van der Waals surface area contributed by atoms with Crippen LogP contribution in [0, 0.1) is 0 Å². The summed E-state index contributed by atoms with van der Waals surface area (Å²) >= 11 is 0.675. The molecule has 0 unspecified atom stereocenters. The van der Waals surface area contributed by atoms with E-state index in [9.17, 15) is 13.2 Å². The zero-order valence-corrected chi connectivity index (χ0v) is 9.29. The second-order valence-corrected chi connectivity index (χ2v) is 3.88. The number of halogens is 3. The quantitative estimate of drug-likeness (QED) is 0.904. The molecule has 2 rings (SSSR count). The van der Waals surface area contributed by atoms with Crippen LogP contribution in [0.5, 0.6) is 0 Å². The van der Waals surface area contributed by atoms with Gasteiger partial charge in [-0.05, 0) is 6.54 Å². The van der Waals surface area contributed by atoms with E-state index in [4.69, 9.17) is 5.73 Å². The summed E-state index contributed by atoms with van der Waals surface area (Å²) in [6.07, 6.45) is -1.04. The molecule has 17 heavy (non-hydrogen) atoms. The molecule has 0 spiro atoms. The minimum Gasteiger partial charge on any atom is -0.330 e. The molecule has 2 aromatic heterocycles. The Morgan fingerprint density at radius 1 is 1.41 bits per heavy atom. The molecule has 2 N–H and O–H groups in total. The normalized spacial score (nSPS) is 12.0. The molecule has 92 valence electrons. The summed E-state index contributed by atoms with van der Waals surface area (Å²) in [4.78, 5) is 7.43. The second-order valence-electron chi connectivity index (χ2n) is 3.15. The first-order valence-electron chi connectivity index (χ1n) is 4.66. The number of hydrogen-bond acceptors (Lipinski definition) is 5. The van der Waals surface area contributed by atoms with Crippen molar-refractivity contribution < 1.29 is 13.2 Å². The molecule has 0 saturated heterocycles. The van der Waals surface area contributed by atoms with Crippen molar-refractivity contribution in [1.82, 2.24) is 18.9 Å². The number of nitrogens with two attached hydrogens (primary N) is 1. The maximum Gasteiger partial charge on any atom is 0.452 e. The lowest BCUT2D eigenvalue weighted by molar-refractivity contribution is -0.144. The van der Waals surface area contributed by atoms with Crippen LogP contribution in [0.3, 0.4) is 0 Å². The summed E-state index contributed by atoms with van der Waals surface area (Å²) in [5.41, 5.74) is 5.38. The Labute approximate surface area is 98.3 Å². The first kappa shape index (κ1) is 12.0. The van der Waals surface area contributed by atoms with E-state index < -0.39 is 12.0 Å². The molecule has 2 heterocycles. The number of nitrogens with zero attached hydrogens (tertiary/aromatic N) is 4. The van der Waals surface area contributed by atoms with Crippen molar-refractivity contribution >= 4 is 11.5 Å². The third-order valence-electron chi connectivity index (χ3n) is 1.96. The molecule has 0 aliphatic heterocycles. The van der Waals surface area contributed by atoms with Gasteiger partial charge in [0, 0.05) is 30.3 Å². The van der Waals surface area contributed by atoms with Gasteiger partial charge in [0.1, 0.15) is 5.82 Å². The van der Waals surface area contributed by atoms with E-state index in [1.165, 1.54) is 17.0 Å². The van der Waals surface area contributed by atoms with Gasteiger partial charge in [-0.2, -0.15) is 22.5 Å². The van der Waals surface area contributed by atoms with Crippen LogP contribution in [0.15, 0.2) is 12.4 Å². The maximum atomic E-state index is 12.3. The van der Waals surface area contributed by atoms with Gasteiger partial charge in [-0.3, -0.25) is 4.57 Å². The Balaban J connectivity index is 2.34. The Morgan fingerprint density at radius 3 is 2.76 bits per heavy atom. The van der Waals surface area contributed by atoms with Crippen LogP contribution in [-0.4, -0.2) is 25.5 Å². The van der Waals surface area contributed by atoms with Crippen molar-refractivity contribution in [1.29, 1.82) is 0 Å². The molecule has 0 radical (unpaired) electrons. The molecule has 0 atom stereocenters. The number of aromatic nitrogens is 4. The van der Waals surface area contributed by atoms with Gasteiger partial charge in [-0.15, -0.1) is 0 Å². The van der Waals surface area contributed by atoms with Gasteiger partial charge in [-0.1, -0.05) is 0 Å². The monoisotopic (exact) mass is 263 g/mol. The number of imidazole rings is 1. The third-order valence-corrected chi connectivity index (χ3v) is 2.68. The molecule has 9 heteroatoms. The van der Waals surface area contributed by atoms with Gasteiger partial charge >= 0.3 is 6.18 Å². The van der Waals surface area contributed by atoms with Crippen LogP contribution in [0.4, 0.5) is 13.2 Å². The Morgan fingerprint density at radius 2 is 2.18 bits per heavy atom. The molecule has 0 saturated carbocycles. The predicted molar refractivity (Wildman–Crippen MR) is 54.8 cm³/mol. The van der Waals surface area contributed by atoms with Crippen molar-refractivity contribution in [2.24, 2.45) is 5.73 Å². The van der Waals surface area contributed by atoms with Crippen LogP contribution < -0.4 is 5.73 Å². The topological polar surface area (TPSA) is 69.6 Å². The smallest absolute Gasteiger partial charge is 0.330 e.